The Morgan fingerprint density at radius 2 is 1.82 bits per heavy atom. The van der Waals surface area contributed by atoms with E-state index in [1.165, 1.54) is 23.9 Å². The summed E-state index contributed by atoms with van der Waals surface area (Å²) in [5, 5.41) is 17.9. The molecule has 2 aromatic rings. The van der Waals surface area contributed by atoms with Gasteiger partial charge >= 0.3 is 0 Å². The summed E-state index contributed by atoms with van der Waals surface area (Å²) in [4.78, 5) is 10.1. The molecule has 0 bridgehead atoms. The Bertz CT molecular complexity index is 696. The Kier molecular flexibility index (Phi) is 5.16. The number of hydrogen-bond acceptors (Lipinski definition) is 4. The van der Waals surface area contributed by atoms with Gasteiger partial charge in [-0.05, 0) is 49.0 Å². The minimum absolute atomic E-state index is 0.0432. The quantitative estimate of drug-likeness (QED) is 0.392. The van der Waals surface area contributed by atoms with Crippen LogP contribution in [-0.4, -0.2) is 16.3 Å². The van der Waals surface area contributed by atoms with E-state index in [9.17, 15) is 10.1 Å². The van der Waals surface area contributed by atoms with Gasteiger partial charge in [0.2, 0.25) is 0 Å². The number of rotatable bonds is 4. The molecule has 0 heterocycles. The van der Waals surface area contributed by atoms with Gasteiger partial charge in [0.15, 0.2) is 5.11 Å². The zero-order valence-corrected chi connectivity index (χ0v) is 12.6. The molecule has 0 radical (unpaired) electrons. The van der Waals surface area contributed by atoms with Crippen LogP contribution < -0.4 is 10.7 Å². The van der Waals surface area contributed by atoms with Gasteiger partial charge in [-0.25, -0.2) is 0 Å². The molecule has 0 aromatic heterocycles. The molecule has 0 saturated heterocycles. The zero-order chi connectivity index (χ0) is 15.9. The molecule has 22 heavy (non-hydrogen) atoms. The Morgan fingerprint density at radius 3 is 2.41 bits per heavy atom. The van der Waals surface area contributed by atoms with Gasteiger partial charge in [-0.1, -0.05) is 17.7 Å². The predicted molar refractivity (Wildman–Crippen MR) is 91.2 cm³/mol. The first-order valence-electron chi connectivity index (χ1n) is 6.46. The number of non-ortho nitro benzene ring substituents is 1. The second-order valence-electron chi connectivity index (χ2n) is 4.54. The van der Waals surface area contributed by atoms with Crippen LogP contribution in [0.1, 0.15) is 11.1 Å². The van der Waals surface area contributed by atoms with E-state index >= 15 is 0 Å². The molecule has 6 nitrogen and oxygen atoms in total. The summed E-state index contributed by atoms with van der Waals surface area (Å²) in [5.41, 5.74) is 5.50. The van der Waals surface area contributed by atoms with Gasteiger partial charge in [0.25, 0.3) is 5.69 Å². The molecule has 0 saturated carbocycles. The molecule has 2 rings (SSSR count). The van der Waals surface area contributed by atoms with Crippen LogP contribution in [0, 0.1) is 17.0 Å². The highest BCUT2D eigenvalue weighted by Gasteiger charge is 2.02. The number of benzene rings is 2. The number of nitrogens with one attached hydrogen (secondary N) is 2. The lowest BCUT2D eigenvalue weighted by Gasteiger charge is -2.06. The van der Waals surface area contributed by atoms with Crippen LogP contribution >= 0.6 is 12.2 Å². The topological polar surface area (TPSA) is 79.6 Å². The maximum Gasteiger partial charge on any atom is 0.269 e. The average Bonchev–Trinajstić information content (AvgIpc) is 2.50. The van der Waals surface area contributed by atoms with Crippen molar-refractivity contribution in [3.8, 4) is 0 Å². The average molecular weight is 314 g/mol. The van der Waals surface area contributed by atoms with E-state index < -0.39 is 4.92 Å². The summed E-state index contributed by atoms with van der Waals surface area (Å²) >= 11 is 5.11. The van der Waals surface area contributed by atoms with E-state index in [4.69, 9.17) is 12.2 Å². The van der Waals surface area contributed by atoms with E-state index in [0.29, 0.717) is 5.11 Å². The van der Waals surface area contributed by atoms with Gasteiger partial charge < -0.3 is 5.32 Å². The first kappa shape index (κ1) is 15.6. The molecule has 0 spiro atoms. The third-order valence-electron chi connectivity index (χ3n) is 2.79. The summed E-state index contributed by atoms with van der Waals surface area (Å²) in [6.07, 6.45) is 1.53. The largest absolute Gasteiger partial charge is 0.331 e. The summed E-state index contributed by atoms with van der Waals surface area (Å²) in [6.45, 7) is 2.01. The number of hydrogen-bond donors (Lipinski definition) is 2. The highest BCUT2D eigenvalue weighted by molar-refractivity contribution is 7.80. The molecule has 0 amide bonds. The van der Waals surface area contributed by atoms with Gasteiger partial charge in [-0.3, -0.25) is 15.5 Å². The van der Waals surface area contributed by atoms with E-state index in [0.717, 1.165) is 11.3 Å². The van der Waals surface area contributed by atoms with Crippen molar-refractivity contribution in [2.24, 2.45) is 5.10 Å². The maximum atomic E-state index is 10.5. The summed E-state index contributed by atoms with van der Waals surface area (Å²) in [6, 6.07) is 13.9. The SMILES string of the molecule is Cc1ccc(NC(=S)N/N=C/c2ccc([N+](=O)[O-])cc2)cc1. The molecular weight excluding hydrogens is 300 g/mol. The number of aryl methyl sites for hydroxylation is 1. The second-order valence-corrected chi connectivity index (χ2v) is 4.95. The fraction of sp³-hybridized carbons (Fsp3) is 0.0667. The number of anilines is 1. The summed E-state index contributed by atoms with van der Waals surface area (Å²) in [7, 11) is 0. The number of hydrazone groups is 1. The number of nitrogens with zero attached hydrogens (tertiary/aromatic N) is 2. The standard InChI is InChI=1S/C15H14N4O2S/c1-11-2-6-13(7-3-11)17-15(22)18-16-10-12-4-8-14(9-5-12)19(20)21/h2-10H,1H3,(H2,17,18,22)/b16-10+. The molecule has 0 aliphatic carbocycles. The van der Waals surface area contributed by atoms with Crippen molar-refractivity contribution in [3.05, 3.63) is 69.8 Å². The zero-order valence-electron chi connectivity index (χ0n) is 11.8. The van der Waals surface area contributed by atoms with Gasteiger partial charge in [0.1, 0.15) is 0 Å². The molecule has 0 atom stereocenters. The van der Waals surface area contributed by atoms with Gasteiger partial charge in [-0.2, -0.15) is 5.10 Å². The first-order valence-corrected chi connectivity index (χ1v) is 6.86. The monoisotopic (exact) mass is 314 g/mol. The Morgan fingerprint density at radius 1 is 1.18 bits per heavy atom. The maximum absolute atomic E-state index is 10.5. The molecular formula is C15H14N4O2S. The molecule has 0 aliphatic rings. The molecule has 0 unspecified atom stereocenters. The van der Waals surface area contributed by atoms with Crippen molar-refractivity contribution in [3.63, 3.8) is 0 Å². The predicted octanol–water partition coefficient (Wildman–Crippen LogP) is 3.22. The fourth-order valence-corrected chi connectivity index (χ4v) is 1.81. The van der Waals surface area contributed by atoms with E-state index in [-0.39, 0.29) is 5.69 Å². The van der Waals surface area contributed by atoms with Gasteiger partial charge in [0.05, 0.1) is 11.1 Å². The van der Waals surface area contributed by atoms with Crippen molar-refractivity contribution >= 4 is 34.9 Å². The van der Waals surface area contributed by atoms with Crippen LogP contribution in [0.15, 0.2) is 53.6 Å². The molecule has 2 aromatic carbocycles. The van der Waals surface area contributed by atoms with Crippen LogP contribution in [0.25, 0.3) is 0 Å². The summed E-state index contributed by atoms with van der Waals surface area (Å²) < 4.78 is 0. The molecule has 112 valence electrons. The molecule has 2 N–H and O–H groups in total. The van der Waals surface area contributed by atoms with Crippen molar-refractivity contribution < 1.29 is 4.92 Å². The number of nitro groups is 1. The smallest absolute Gasteiger partial charge is 0.269 e. The lowest BCUT2D eigenvalue weighted by molar-refractivity contribution is -0.384. The first-order chi connectivity index (χ1) is 10.5. The lowest BCUT2D eigenvalue weighted by atomic mass is 10.2. The van der Waals surface area contributed by atoms with Crippen LogP contribution in [0.3, 0.4) is 0 Å². The lowest BCUT2D eigenvalue weighted by Crippen LogP contribution is -2.23. The van der Waals surface area contributed by atoms with Crippen LogP contribution in [0.4, 0.5) is 11.4 Å². The Labute approximate surface area is 133 Å². The third kappa shape index (κ3) is 4.64. The van der Waals surface area contributed by atoms with E-state index in [1.807, 2.05) is 31.2 Å². The second kappa shape index (κ2) is 7.28. The number of nitro benzene ring substituents is 1. The highest BCUT2D eigenvalue weighted by Crippen LogP contribution is 2.10. The molecule has 0 aliphatic heterocycles. The van der Waals surface area contributed by atoms with Crippen molar-refractivity contribution in [1.82, 2.24) is 5.43 Å². The van der Waals surface area contributed by atoms with E-state index in [1.54, 1.807) is 12.1 Å². The number of thiocarbonyl (C=S) groups is 1. The minimum atomic E-state index is -0.445. The van der Waals surface area contributed by atoms with Crippen LogP contribution in [0.2, 0.25) is 0 Å². The van der Waals surface area contributed by atoms with Crippen molar-refractivity contribution in [2.45, 2.75) is 6.92 Å². The Hall–Kier alpha value is -2.80. The molecule has 7 heteroatoms. The van der Waals surface area contributed by atoms with Crippen molar-refractivity contribution in [2.75, 3.05) is 5.32 Å². The third-order valence-corrected chi connectivity index (χ3v) is 2.99. The normalized spacial score (nSPS) is 10.4. The molecule has 0 fully saturated rings. The van der Waals surface area contributed by atoms with Crippen LogP contribution in [-0.2, 0) is 0 Å². The van der Waals surface area contributed by atoms with E-state index in [2.05, 4.69) is 15.8 Å². The van der Waals surface area contributed by atoms with Gasteiger partial charge in [0, 0.05) is 17.8 Å². The van der Waals surface area contributed by atoms with Gasteiger partial charge in [-0.15, -0.1) is 0 Å². The van der Waals surface area contributed by atoms with Crippen molar-refractivity contribution in [1.29, 1.82) is 0 Å². The Balaban J connectivity index is 1.87. The minimum Gasteiger partial charge on any atom is -0.331 e. The highest BCUT2D eigenvalue weighted by atomic mass is 32.1. The fourth-order valence-electron chi connectivity index (χ4n) is 1.64. The summed E-state index contributed by atoms with van der Waals surface area (Å²) in [5.74, 6) is 0. The van der Waals surface area contributed by atoms with Crippen LogP contribution in [0.5, 0.6) is 0 Å².